The van der Waals surface area contributed by atoms with Crippen LogP contribution in [0.1, 0.15) is 49.7 Å². The van der Waals surface area contributed by atoms with Crippen LogP contribution in [-0.4, -0.2) is 23.1 Å². The van der Waals surface area contributed by atoms with E-state index in [1.807, 2.05) is 12.1 Å². The predicted octanol–water partition coefficient (Wildman–Crippen LogP) is 3.45. The van der Waals surface area contributed by atoms with Gasteiger partial charge in [-0.25, -0.2) is 0 Å². The average Bonchev–Trinajstić information content (AvgIpc) is 3.02. The molecule has 3 heterocycles. The zero-order valence-electron chi connectivity index (χ0n) is 14.7. The number of nitrogens with one attached hydrogen (secondary N) is 1. The van der Waals surface area contributed by atoms with E-state index in [1.54, 1.807) is 0 Å². The summed E-state index contributed by atoms with van der Waals surface area (Å²) in [5.74, 6) is 1.71. The van der Waals surface area contributed by atoms with Gasteiger partial charge in [-0.05, 0) is 56.2 Å². The first kappa shape index (κ1) is 15.7. The summed E-state index contributed by atoms with van der Waals surface area (Å²) in [5.41, 5.74) is 11.7. The van der Waals surface area contributed by atoms with Crippen LogP contribution in [0.4, 0.5) is 0 Å². The van der Waals surface area contributed by atoms with Crippen LogP contribution in [0.2, 0.25) is 0 Å². The zero-order valence-corrected chi connectivity index (χ0v) is 14.7. The quantitative estimate of drug-likeness (QED) is 0.314. The van der Waals surface area contributed by atoms with E-state index in [-0.39, 0.29) is 5.84 Å². The van der Waals surface area contributed by atoms with Crippen LogP contribution in [0.25, 0.3) is 5.57 Å². The molecule has 1 aromatic rings. The second kappa shape index (κ2) is 6.02. The Bertz CT molecular complexity index is 881. The molecule has 4 aliphatic rings. The van der Waals surface area contributed by atoms with Crippen LogP contribution in [0, 0.1) is 0 Å². The Balaban J connectivity index is 1.74. The number of benzene rings is 1. The summed E-state index contributed by atoms with van der Waals surface area (Å²) in [7, 11) is 0. The highest BCUT2D eigenvalue weighted by atomic mass is 16.5. The first-order valence-electron chi connectivity index (χ1n) is 9.43. The molecular formula is C21H23N3O2. The van der Waals surface area contributed by atoms with Crippen LogP contribution < -0.4 is 15.8 Å². The van der Waals surface area contributed by atoms with Crippen molar-refractivity contribution in [1.29, 1.82) is 0 Å². The van der Waals surface area contributed by atoms with Gasteiger partial charge in [0.2, 0.25) is 0 Å². The number of hydrogen-bond donors (Lipinski definition) is 3. The minimum absolute atomic E-state index is 0.0837. The maximum Gasteiger partial charge on any atom is 0.173 e. The van der Waals surface area contributed by atoms with Gasteiger partial charge in [-0.1, -0.05) is 28.9 Å². The lowest BCUT2D eigenvalue weighted by molar-refractivity contribution is 0.318. The van der Waals surface area contributed by atoms with Crippen molar-refractivity contribution in [2.45, 2.75) is 50.6 Å². The number of allylic oxidation sites excluding steroid dienone is 3. The molecule has 3 aliphatic heterocycles. The molecule has 4 N–H and O–H groups in total. The molecule has 1 aliphatic carbocycles. The van der Waals surface area contributed by atoms with E-state index in [9.17, 15) is 5.21 Å². The number of fused-ring (bicyclic) bond motifs is 4. The largest absolute Gasteiger partial charge is 0.456 e. The summed E-state index contributed by atoms with van der Waals surface area (Å²) in [6.07, 6.45) is 11.2. The molecule has 2 bridgehead atoms. The van der Waals surface area contributed by atoms with Crippen LogP contribution >= 0.6 is 0 Å². The molecule has 2 saturated heterocycles. The van der Waals surface area contributed by atoms with Gasteiger partial charge in [0, 0.05) is 23.2 Å². The van der Waals surface area contributed by atoms with Crippen molar-refractivity contribution in [3.05, 3.63) is 58.4 Å². The van der Waals surface area contributed by atoms with Crippen molar-refractivity contribution in [2.75, 3.05) is 0 Å². The summed E-state index contributed by atoms with van der Waals surface area (Å²) in [6, 6.07) is 7.09. The predicted molar refractivity (Wildman–Crippen MR) is 101 cm³/mol. The molecule has 0 aromatic heterocycles. The van der Waals surface area contributed by atoms with Crippen LogP contribution in [0.15, 0.2) is 52.4 Å². The molecule has 1 aromatic carbocycles. The standard InChI is InChI=1S/C21H23N3O2/c22-21(24-25)17-6-3-5-16-19(12-10-13-8-9-14(11-12)23-13)15-4-1-2-7-18(15)26-20(16)17/h3-7,13-14,23,25H,1-2,8-11H2,(H2,22,24). The second-order valence-corrected chi connectivity index (χ2v) is 7.56. The highest BCUT2D eigenvalue weighted by molar-refractivity contribution is 6.03. The van der Waals surface area contributed by atoms with Crippen molar-refractivity contribution in [3.8, 4) is 5.75 Å². The Kier molecular flexibility index (Phi) is 3.64. The molecule has 134 valence electrons. The number of hydrogen-bond acceptors (Lipinski definition) is 4. The van der Waals surface area contributed by atoms with Crippen LogP contribution in [0.3, 0.4) is 0 Å². The van der Waals surface area contributed by atoms with Gasteiger partial charge in [0.1, 0.15) is 11.5 Å². The Morgan fingerprint density at radius 1 is 1.15 bits per heavy atom. The summed E-state index contributed by atoms with van der Waals surface area (Å²) in [4.78, 5) is 0. The molecule has 2 unspecified atom stereocenters. The maximum absolute atomic E-state index is 9.18. The fourth-order valence-electron chi connectivity index (χ4n) is 4.82. The van der Waals surface area contributed by atoms with Gasteiger partial charge < -0.3 is 21.0 Å². The molecule has 5 rings (SSSR count). The molecule has 0 amide bonds. The fourth-order valence-corrected chi connectivity index (χ4v) is 4.82. The van der Waals surface area contributed by atoms with Gasteiger partial charge in [-0.3, -0.25) is 0 Å². The lowest BCUT2D eigenvalue weighted by atomic mass is 9.81. The molecule has 26 heavy (non-hydrogen) atoms. The molecule has 5 heteroatoms. The number of nitrogens with zero attached hydrogens (tertiary/aromatic N) is 1. The number of para-hydroxylation sites is 1. The SMILES string of the molecule is N/C(=N\O)c1cccc2c1OC1=CCCC=C1C2=C1CC2CCC(C1)N2. The average molecular weight is 349 g/mol. The van der Waals surface area contributed by atoms with E-state index in [4.69, 9.17) is 10.5 Å². The molecule has 0 radical (unpaired) electrons. The van der Waals surface area contributed by atoms with E-state index in [1.165, 1.54) is 29.6 Å². The summed E-state index contributed by atoms with van der Waals surface area (Å²) in [5, 5.41) is 16.1. The lowest BCUT2D eigenvalue weighted by Gasteiger charge is -2.33. The van der Waals surface area contributed by atoms with E-state index in [2.05, 4.69) is 28.7 Å². The van der Waals surface area contributed by atoms with Crippen molar-refractivity contribution < 1.29 is 9.94 Å². The van der Waals surface area contributed by atoms with E-state index in [0.717, 1.165) is 37.0 Å². The Hall–Kier alpha value is -2.53. The first-order chi connectivity index (χ1) is 12.7. The maximum atomic E-state index is 9.18. The molecule has 2 atom stereocenters. The third-order valence-corrected chi connectivity index (χ3v) is 5.93. The highest BCUT2D eigenvalue weighted by Crippen LogP contribution is 2.48. The Morgan fingerprint density at radius 3 is 2.69 bits per heavy atom. The smallest absolute Gasteiger partial charge is 0.173 e. The normalized spacial score (nSPS) is 27.3. The third-order valence-electron chi connectivity index (χ3n) is 5.93. The van der Waals surface area contributed by atoms with Gasteiger partial charge in [0.25, 0.3) is 0 Å². The van der Waals surface area contributed by atoms with Crippen LogP contribution in [0.5, 0.6) is 5.75 Å². The molecule has 5 nitrogen and oxygen atoms in total. The van der Waals surface area contributed by atoms with Crippen molar-refractivity contribution in [2.24, 2.45) is 10.9 Å². The van der Waals surface area contributed by atoms with Gasteiger partial charge in [-0.15, -0.1) is 0 Å². The minimum atomic E-state index is 0.0837. The summed E-state index contributed by atoms with van der Waals surface area (Å²) in [6.45, 7) is 0. The summed E-state index contributed by atoms with van der Waals surface area (Å²) >= 11 is 0. The Labute approximate surface area is 152 Å². The zero-order chi connectivity index (χ0) is 17.7. The van der Waals surface area contributed by atoms with E-state index >= 15 is 0 Å². The topological polar surface area (TPSA) is 79.9 Å². The monoisotopic (exact) mass is 349 g/mol. The van der Waals surface area contributed by atoms with Crippen LogP contribution in [-0.2, 0) is 0 Å². The van der Waals surface area contributed by atoms with Crippen molar-refractivity contribution >= 4 is 11.4 Å². The van der Waals surface area contributed by atoms with Gasteiger partial charge in [0.05, 0.1) is 5.56 Å². The highest BCUT2D eigenvalue weighted by Gasteiger charge is 2.36. The molecule has 0 saturated carbocycles. The number of rotatable bonds is 1. The summed E-state index contributed by atoms with van der Waals surface area (Å²) < 4.78 is 6.25. The van der Waals surface area contributed by atoms with E-state index < -0.39 is 0 Å². The lowest BCUT2D eigenvalue weighted by Crippen LogP contribution is -2.35. The minimum Gasteiger partial charge on any atom is -0.456 e. The van der Waals surface area contributed by atoms with Crippen molar-refractivity contribution in [3.63, 3.8) is 0 Å². The molecule has 0 spiro atoms. The number of amidine groups is 1. The number of nitrogens with two attached hydrogens (primary N) is 1. The van der Waals surface area contributed by atoms with Gasteiger partial charge >= 0.3 is 0 Å². The number of oxime groups is 1. The Morgan fingerprint density at radius 2 is 1.92 bits per heavy atom. The van der Waals surface area contributed by atoms with Crippen molar-refractivity contribution in [1.82, 2.24) is 5.32 Å². The third kappa shape index (κ3) is 2.38. The number of piperidine rings is 1. The second-order valence-electron chi connectivity index (χ2n) is 7.56. The van der Waals surface area contributed by atoms with E-state index in [0.29, 0.717) is 23.4 Å². The first-order valence-corrected chi connectivity index (χ1v) is 9.43. The molecular weight excluding hydrogens is 326 g/mol. The van der Waals surface area contributed by atoms with Gasteiger partial charge in [-0.2, -0.15) is 0 Å². The number of ether oxygens (including phenoxy) is 1. The van der Waals surface area contributed by atoms with Gasteiger partial charge in [0.15, 0.2) is 5.84 Å². The fraction of sp³-hybridized carbons (Fsp3) is 0.381. The molecule has 2 fully saturated rings.